The van der Waals surface area contributed by atoms with Gasteiger partial charge in [-0.2, -0.15) is 0 Å². The Labute approximate surface area is 206 Å². The maximum absolute atomic E-state index is 13.9. The fourth-order valence-electron chi connectivity index (χ4n) is 3.64. The summed E-state index contributed by atoms with van der Waals surface area (Å²) in [7, 11) is 0. The number of ether oxygens (including phenoxy) is 1. The highest BCUT2D eigenvalue weighted by Crippen LogP contribution is 2.26. The van der Waals surface area contributed by atoms with E-state index in [2.05, 4.69) is 12.2 Å². The number of nitrogens with one attached hydrogen (secondary N) is 1. The molecule has 3 rings (SSSR count). The van der Waals surface area contributed by atoms with E-state index in [1.165, 1.54) is 12.1 Å². The number of carbonyl (C=O) groups excluding carboxylic acids is 2. The number of carbonyl (C=O) groups is 2. The summed E-state index contributed by atoms with van der Waals surface area (Å²) in [5, 5.41) is 2.76. The van der Waals surface area contributed by atoms with Crippen molar-refractivity contribution in [3.05, 3.63) is 101 Å². The van der Waals surface area contributed by atoms with Gasteiger partial charge in [-0.15, -0.1) is 0 Å². The molecule has 1 atom stereocenters. The van der Waals surface area contributed by atoms with Crippen molar-refractivity contribution in [2.75, 3.05) is 11.4 Å². The van der Waals surface area contributed by atoms with Crippen molar-refractivity contribution in [3.8, 4) is 0 Å². The largest absolute Gasteiger partial charge is 0.431 e. The molecule has 0 aromatic heterocycles. The van der Waals surface area contributed by atoms with Crippen molar-refractivity contribution in [1.82, 2.24) is 5.32 Å². The Morgan fingerprint density at radius 3 is 2.09 bits per heavy atom. The molecule has 0 fully saturated rings. The molecule has 0 aliphatic heterocycles. The number of benzene rings is 3. The van der Waals surface area contributed by atoms with Gasteiger partial charge in [-0.25, -0.2) is 9.18 Å². The number of hydrogen-bond acceptors (Lipinski definition) is 3. The van der Waals surface area contributed by atoms with Gasteiger partial charge in [-0.1, -0.05) is 61.5 Å². The van der Waals surface area contributed by atoms with E-state index >= 15 is 0 Å². The van der Waals surface area contributed by atoms with Gasteiger partial charge in [0.25, 0.3) is 5.91 Å². The molecule has 0 spiro atoms. The number of nitrogens with zero attached hydrogens (tertiary/aromatic N) is 1. The van der Waals surface area contributed by atoms with Crippen LogP contribution in [0, 0.1) is 5.82 Å². The van der Waals surface area contributed by atoms with Gasteiger partial charge < -0.3 is 15.0 Å². The standard InChI is InChI=1S/C29H33FN2O3/c1-5-21-13-17-25(18-14-21)32(20-19-22-11-15-24(30)16-12-22)27(33)26(23-9-7-6-8-10-23)35-28(34)31-29(2,3)4/h6-18,26H,5,19-20H2,1-4H3,(H,31,34)/t26-/m0/s1. The Hall–Kier alpha value is -3.67. The zero-order chi connectivity index (χ0) is 25.4. The molecule has 5 nitrogen and oxygen atoms in total. The van der Waals surface area contributed by atoms with Crippen LogP contribution in [-0.4, -0.2) is 24.1 Å². The molecule has 0 saturated carbocycles. The molecule has 0 radical (unpaired) electrons. The van der Waals surface area contributed by atoms with Crippen LogP contribution in [0.15, 0.2) is 78.9 Å². The summed E-state index contributed by atoms with van der Waals surface area (Å²) >= 11 is 0. The van der Waals surface area contributed by atoms with E-state index < -0.39 is 17.7 Å². The number of alkyl carbamates (subject to hydrolysis) is 1. The van der Waals surface area contributed by atoms with E-state index in [0.29, 0.717) is 24.2 Å². The molecular weight excluding hydrogens is 443 g/mol. The predicted molar refractivity (Wildman–Crippen MR) is 137 cm³/mol. The fourth-order valence-corrected chi connectivity index (χ4v) is 3.64. The van der Waals surface area contributed by atoms with Gasteiger partial charge in [-0.3, -0.25) is 4.79 Å². The van der Waals surface area contributed by atoms with Crippen LogP contribution < -0.4 is 10.2 Å². The first-order valence-electron chi connectivity index (χ1n) is 11.8. The smallest absolute Gasteiger partial charge is 0.408 e. The molecule has 0 unspecified atom stereocenters. The van der Waals surface area contributed by atoms with Crippen molar-refractivity contribution in [3.63, 3.8) is 0 Å². The summed E-state index contributed by atoms with van der Waals surface area (Å²) in [4.78, 5) is 28.2. The van der Waals surface area contributed by atoms with E-state index in [9.17, 15) is 14.0 Å². The Bertz CT molecular complexity index is 1110. The average Bonchev–Trinajstić information content (AvgIpc) is 2.83. The molecule has 0 heterocycles. The maximum Gasteiger partial charge on any atom is 0.408 e. The van der Waals surface area contributed by atoms with Gasteiger partial charge in [-0.05, 0) is 69.0 Å². The van der Waals surface area contributed by atoms with Crippen molar-refractivity contribution in [2.24, 2.45) is 0 Å². The summed E-state index contributed by atoms with van der Waals surface area (Å²) in [6.45, 7) is 7.94. The second kappa shape index (κ2) is 11.6. The number of hydrogen-bond donors (Lipinski definition) is 1. The van der Waals surface area contributed by atoms with E-state index in [-0.39, 0.29) is 11.7 Å². The van der Waals surface area contributed by atoms with Crippen LogP contribution in [0.25, 0.3) is 0 Å². The SMILES string of the molecule is CCc1ccc(N(CCc2ccc(F)cc2)C(=O)[C@@H](OC(=O)NC(C)(C)C)c2ccccc2)cc1. The predicted octanol–water partition coefficient (Wildman–Crippen LogP) is 6.23. The number of rotatable bonds is 8. The molecule has 3 aromatic rings. The molecule has 6 heteroatoms. The lowest BCUT2D eigenvalue weighted by atomic mass is 10.1. The first-order valence-corrected chi connectivity index (χ1v) is 11.8. The molecular formula is C29H33FN2O3. The lowest BCUT2D eigenvalue weighted by Gasteiger charge is -2.29. The minimum Gasteiger partial charge on any atom is -0.431 e. The van der Waals surface area contributed by atoms with Crippen molar-refractivity contribution < 1.29 is 18.7 Å². The van der Waals surface area contributed by atoms with E-state index in [0.717, 1.165) is 17.5 Å². The number of amides is 2. The van der Waals surface area contributed by atoms with Gasteiger partial charge in [0, 0.05) is 23.3 Å². The van der Waals surface area contributed by atoms with E-state index in [4.69, 9.17) is 4.74 Å². The molecule has 0 saturated heterocycles. The quantitative estimate of drug-likeness (QED) is 0.419. The van der Waals surface area contributed by atoms with Crippen LogP contribution in [0.1, 0.15) is 50.5 Å². The third-order valence-electron chi connectivity index (χ3n) is 5.49. The first-order chi connectivity index (χ1) is 16.7. The van der Waals surface area contributed by atoms with Crippen LogP contribution in [0.2, 0.25) is 0 Å². The zero-order valence-electron chi connectivity index (χ0n) is 20.8. The van der Waals surface area contributed by atoms with Crippen LogP contribution >= 0.6 is 0 Å². The Morgan fingerprint density at radius 2 is 1.51 bits per heavy atom. The zero-order valence-corrected chi connectivity index (χ0v) is 20.8. The highest BCUT2D eigenvalue weighted by molar-refractivity contribution is 5.98. The number of anilines is 1. The average molecular weight is 477 g/mol. The van der Waals surface area contributed by atoms with Crippen LogP contribution in [0.5, 0.6) is 0 Å². The normalized spacial score (nSPS) is 12.0. The second-order valence-corrected chi connectivity index (χ2v) is 9.46. The minimum atomic E-state index is -1.13. The third-order valence-corrected chi connectivity index (χ3v) is 5.49. The molecule has 0 aliphatic carbocycles. The Morgan fingerprint density at radius 1 is 0.914 bits per heavy atom. The van der Waals surface area contributed by atoms with E-state index in [1.54, 1.807) is 41.3 Å². The first kappa shape index (κ1) is 25.9. The molecule has 0 bridgehead atoms. The van der Waals surface area contributed by atoms with Crippen LogP contribution in [-0.2, 0) is 22.4 Å². The van der Waals surface area contributed by atoms with Gasteiger partial charge in [0.1, 0.15) is 5.82 Å². The monoisotopic (exact) mass is 476 g/mol. The maximum atomic E-state index is 13.9. The summed E-state index contributed by atoms with van der Waals surface area (Å²) in [6, 6.07) is 23.0. The highest BCUT2D eigenvalue weighted by atomic mass is 19.1. The molecule has 1 N–H and O–H groups in total. The lowest BCUT2D eigenvalue weighted by molar-refractivity contribution is -0.127. The summed E-state index contributed by atoms with van der Waals surface area (Å²) in [5.41, 5.74) is 2.82. The van der Waals surface area contributed by atoms with E-state index in [1.807, 2.05) is 51.1 Å². The fraction of sp³-hybridized carbons (Fsp3) is 0.310. The highest BCUT2D eigenvalue weighted by Gasteiger charge is 2.31. The number of halogens is 1. The molecule has 35 heavy (non-hydrogen) atoms. The Kier molecular flexibility index (Phi) is 8.63. The van der Waals surface area contributed by atoms with Crippen molar-refractivity contribution >= 4 is 17.7 Å². The van der Waals surface area contributed by atoms with Crippen molar-refractivity contribution in [1.29, 1.82) is 0 Å². The van der Waals surface area contributed by atoms with Gasteiger partial charge in [0.15, 0.2) is 0 Å². The topological polar surface area (TPSA) is 58.6 Å². The molecule has 184 valence electrons. The van der Waals surface area contributed by atoms with Crippen molar-refractivity contribution in [2.45, 2.75) is 52.2 Å². The Balaban J connectivity index is 1.93. The summed E-state index contributed by atoms with van der Waals surface area (Å²) in [6.07, 6.45) is -0.402. The van der Waals surface area contributed by atoms with Gasteiger partial charge in [0.05, 0.1) is 0 Å². The van der Waals surface area contributed by atoms with Crippen LogP contribution in [0.3, 0.4) is 0 Å². The van der Waals surface area contributed by atoms with Gasteiger partial charge in [0.2, 0.25) is 6.10 Å². The van der Waals surface area contributed by atoms with Gasteiger partial charge >= 0.3 is 6.09 Å². The third kappa shape index (κ3) is 7.67. The molecule has 0 aliphatic rings. The summed E-state index contributed by atoms with van der Waals surface area (Å²) < 4.78 is 19.1. The summed E-state index contributed by atoms with van der Waals surface area (Å²) in [5.74, 6) is -0.661. The van der Waals surface area contributed by atoms with Crippen LogP contribution in [0.4, 0.5) is 14.9 Å². The molecule has 3 aromatic carbocycles. The molecule has 2 amide bonds. The second-order valence-electron chi connectivity index (χ2n) is 9.46. The minimum absolute atomic E-state index is 0.306. The lowest BCUT2D eigenvalue weighted by Crippen LogP contribution is -2.44. The number of aryl methyl sites for hydroxylation is 1.